The molecule has 20 heavy (non-hydrogen) atoms. The summed E-state index contributed by atoms with van der Waals surface area (Å²) in [5.74, 6) is 1.44. The second-order valence-corrected chi connectivity index (χ2v) is 4.96. The molecule has 0 saturated heterocycles. The molecule has 0 spiro atoms. The Labute approximate surface area is 128 Å². The van der Waals surface area contributed by atoms with E-state index in [0.717, 1.165) is 17.2 Å². The van der Waals surface area contributed by atoms with Crippen molar-refractivity contribution in [3.63, 3.8) is 0 Å². The molecule has 0 amide bonds. The summed E-state index contributed by atoms with van der Waals surface area (Å²) >= 11 is 11.9. The fraction of sp³-hybridized carbons (Fsp3) is 0.200. The first-order chi connectivity index (χ1) is 9.69. The topological polar surface area (TPSA) is 30.5 Å². The van der Waals surface area contributed by atoms with Crippen LogP contribution in [0.1, 0.15) is 0 Å². The zero-order valence-electron chi connectivity index (χ0n) is 11.0. The van der Waals surface area contributed by atoms with E-state index in [1.54, 1.807) is 13.2 Å². The zero-order valence-corrected chi connectivity index (χ0v) is 12.5. The SMILES string of the molecule is COc1ccccc1OCCNc1cc(Cl)cc(Cl)c1. The minimum atomic E-state index is 0.504. The molecule has 0 aliphatic rings. The molecule has 5 heteroatoms. The minimum Gasteiger partial charge on any atom is -0.493 e. The summed E-state index contributed by atoms with van der Waals surface area (Å²) in [6, 6.07) is 12.9. The molecule has 2 aromatic carbocycles. The van der Waals surface area contributed by atoms with Crippen LogP contribution in [0.2, 0.25) is 10.0 Å². The molecule has 0 bridgehead atoms. The van der Waals surface area contributed by atoms with Gasteiger partial charge in [0.05, 0.1) is 7.11 Å². The van der Waals surface area contributed by atoms with Gasteiger partial charge < -0.3 is 14.8 Å². The van der Waals surface area contributed by atoms with Gasteiger partial charge in [-0.3, -0.25) is 0 Å². The van der Waals surface area contributed by atoms with Gasteiger partial charge in [0, 0.05) is 22.3 Å². The van der Waals surface area contributed by atoms with Gasteiger partial charge in [-0.25, -0.2) is 0 Å². The Hall–Kier alpha value is -1.58. The molecule has 106 valence electrons. The summed E-state index contributed by atoms with van der Waals surface area (Å²) in [4.78, 5) is 0. The summed E-state index contributed by atoms with van der Waals surface area (Å²) in [6.07, 6.45) is 0. The van der Waals surface area contributed by atoms with Gasteiger partial charge in [-0.15, -0.1) is 0 Å². The fourth-order valence-electron chi connectivity index (χ4n) is 1.75. The standard InChI is InChI=1S/C15H15Cl2NO2/c1-19-14-4-2-3-5-15(14)20-7-6-18-13-9-11(16)8-12(17)10-13/h2-5,8-10,18H,6-7H2,1H3. The molecule has 0 fully saturated rings. The predicted molar refractivity (Wildman–Crippen MR) is 83.4 cm³/mol. The average Bonchev–Trinajstić information content (AvgIpc) is 2.43. The molecule has 0 heterocycles. The number of ether oxygens (including phenoxy) is 2. The third kappa shape index (κ3) is 4.22. The maximum Gasteiger partial charge on any atom is 0.161 e. The molecule has 0 unspecified atom stereocenters. The average molecular weight is 312 g/mol. The van der Waals surface area contributed by atoms with E-state index in [0.29, 0.717) is 23.2 Å². The van der Waals surface area contributed by atoms with Crippen LogP contribution in [0.4, 0.5) is 5.69 Å². The van der Waals surface area contributed by atoms with E-state index in [1.165, 1.54) is 0 Å². The molecule has 0 saturated carbocycles. The maximum absolute atomic E-state index is 5.93. The largest absolute Gasteiger partial charge is 0.493 e. The van der Waals surface area contributed by atoms with E-state index in [4.69, 9.17) is 32.7 Å². The highest BCUT2D eigenvalue weighted by Crippen LogP contribution is 2.26. The van der Waals surface area contributed by atoms with E-state index in [1.807, 2.05) is 36.4 Å². The van der Waals surface area contributed by atoms with Crippen molar-refractivity contribution in [1.82, 2.24) is 0 Å². The Balaban J connectivity index is 1.84. The number of hydrogen-bond acceptors (Lipinski definition) is 3. The highest BCUT2D eigenvalue weighted by Gasteiger charge is 2.02. The fourth-order valence-corrected chi connectivity index (χ4v) is 2.28. The maximum atomic E-state index is 5.93. The molecule has 1 N–H and O–H groups in total. The molecule has 2 aromatic rings. The summed E-state index contributed by atoms with van der Waals surface area (Å²) in [5.41, 5.74) is 0.867. The van der Waals surface area contributed by atoms with Gasteiger partial charge in [-0.1, -0.05) is 35.3 Å². The molecular formula is C15H15Cl2NO2. The van der Waals surface area contributed by atoms with Crippen molar-refractivity contribution < 1.29 is 9.47 Å². The number of nitrogens with one attached hydrogen (secondary N) is 1. The van der Waals surface area contributed by atoms with Crippen LogP contribution < -0.4 is 14.8 Å². The third-order valence-corrected chi connectivity index (χ3v) is 3.06. The predicted octanol–water partition coefficient (Wildman–Crippen LogP) is 4.49. The summed E-state index contributed by atoms with van der Waals surface area (Å²) < 4.78 is 10.9. The number of halogens is 2. The van der Waals surface area contributed by atoms with Gasteiger partial charge in [-0.05, 0) is 30.3 Å². The van der Waals surface area contributed by atoms with E-state index < -0.39 is 0 Å². The van der Waals surface area contributed by atoms with Crippen LogP contribution in [0.15, 0.2) is 42.5 Å². The van der Waals surface area contributed by atoms with Gasteiger partial charge >= 0.3 is 0 Å². The van der Waals surface area contributed by atoms with E-state index in [2.05, 4.69) is 5.32 Å². The van der Waals surface area contributed by atoms with Crippen LogP contribution in [0, 0.1) is 0 Å². The van der Waals surface area contributed by atoms with Crippen molar-refractivity contribution in [1.29, 1.82) is 0 Å². The van der Waals surface area contributed by atoms with Gasteiger partial charge in [0.2, 0.25) is 0 Å². The first-order valence-corrected chi connectivity index (χ1v) is 6.90. The number of rotatable bonds is 6. The van der Waals surface area contributed by atoms with Crippen LogP contribution in [0.5, 0.6) is 11.5 Å². The third-order valence-electron chi connectivity index (χ3n) is 2.62. The van der Waals surface area contributed by atoms with Crippen molar-refractivity contribution >= 4 is 28.9 Å². The van der Waals surface area contributed by atoms with Crippen molar-refractivity contribution in [2.75, 3.05) is 25.6 Å². The van der Waals surface area contributed by atoms with E-state index in [9.17, 15) is 0 Å². The van der Waals surface area contributed by atoms with Crippen molar-refractivity contribution in [3.8, 4) is 11.5 Å². The number of para-hydroxylation sites is 2. The Morgan fingerprint density at radius 1 is 1.00 bits per heavy atom. The van der Waals surface area contributed by atoms with E-state index >= 15 is 0 Å². The van der Waals surface area contributed by atoms with Gasteiger partial charge in [0.15, 0.2) is 11.5 Å². The molecule has 0 atom stereocenters. The Morgan fingerprint density at radius 3 is 2.30 bits per heavy atom. The summed E-state index contributed by atoms with van der Waals surface area (Å²) in [5, 5.41) is 4.40. The summed E-state index contributed by atoms with van der Waals surface area (Å²) in [7, 11) is 1.62. The number of benzene rings is 2. The highest BCUT2D eigenvalue weighted by molar-refractivity contribution is 6.35. The molecular weight excluding hydrogens is 297 g/mol. The van der Waals surface area contributed by atoms with Gasteiger partial charge in [0.1, 0.15) is 6.61 Å². The number of anilines is 1. The molecule has 0 radical (unpaired) electrons. The Bertz CT molecular complexity index is 555. The summed E-state index contributed by atoms with van der Waals surface area (Å²) in [6.45, 7) is 1.14. The quantitative estimate of drug-likeness (QED) is 0.797. The molecule has 3 nitrogen and oxygen atoms in total. The van der Waals surface area contributed by atoms with Crippen LogP contribution in [0.25, 0.3) is 0 Å². The Morgan fingerprint density at radius 2 is 1.65 bits per heavy atom. The van der Waals surface area contributed by atoms with Crippen molar-refractivity contribution in [3.05, 3.63) is 52.5 Å². The first-order valence-electron chi connectivity index (χ1n) is 6.15. The second kappa shape index (κ2) is 7.27. The zero-order chi connectivity index (χ0) is 14.4. The lowest BCUT2D eigenvalue weighted by Gasteiger charge is -2.11. The minimum absolute atomic E-state index is 0.504. The molecule has 0 aliphatic heterocycles. The first kappa shape index (κ1) is 14.8. The normalized spacial score (nSPS) is 10.2. The highest BCUT2D eigenvalue weighted by atomic mass is 35.5. The smallest absolute Gasteiger partial charge is 0.161 e. The lowest BCUT2D eigenvalue weighted by molar-refractivity contribution is 0.306. The molecule has 2 rings (SSSR count). The van der Waals surface area contributed by atoms with Crippen molar-refractivity contribution in [2.45, 2.75) is 0 Å². The Kier molecular flexibility index (Phi) is 5.39. The number of methoxy groups -OCH3 is 1. The van der Waals surface area contributed by atoms with Crippen LogP contribution in [0.3, 0.4) is 0 Å². The lowest BCUT2D eigenvalue weighted by atomic mass is 10.3. The van der Waals surface area contributed by atoms with Gasteiger partial charge in [0.25, 0.3) is 0 Å². The monoisotopic (exact) mass is 311 g/mol. The molecule has 0 aromatic heterocycles. The lowest BCUT2D eigenvalue weighted by Crippen LogP contribution is -2.11. The van der Waals surface area contributed by atoms with E-state index in [-0.39, 0.29) is 0 Å². The second-order valence-electron chi connectivity index (χ2n) is 4.08. The van der Waals surface area contributed by atoms with Crippen LogP contribution >= 0.6 is 23.2 Å². The van der Waals surface area contributed by atoms with Gasteiger partial charge in [-0.2, -0.15) is 0 Å². The number of hydrogen-bond donors (Lipinski definition) is 1. The molecule has 0 aliphatic carbocycles. The van der Waals surface area contributed by atoms with Crippen LogP contribution in [-0.2, 0) is 0 Å². The van der Waals surface area contributed by atoms with Crippen molar-refractivity contribution in [2.24, 2.45) is 0 Å². The van der Waals surface area contributed by atoms with Crippen LogP contribution in [-0.4, -0.2) is 20.3 Å².